The van der Waals surface area contributed by atoms with Crippen molar-refractivity contribution in [2.24, 2.45) is 5.92 Å². The minimum atomic E-state index is 0.0308. The molecule has 0 radical (unpaired) electrons. The largest absolute Gasteiger partial charge is 0.477 e. The van der Waals surface area contributed by atoms with E-state index >= 15 is 0 Å². The standard InChI is InChI=1S/C15H23ClN2O2/c1-15(2,3)17-8-13-12(16)4-5-14(18-13)20-10-11-6-7-19-9-11/h4-5,11,17H,6-10H2,1-3H3. The lowest BCUT2D eigenvalue weighted by Gasteiger charge is -2.20. The van der Waals surface area contributed by atoms with E-state index in [0.29, 0.717) is 30.0 Å². The van der Waals surface area contributed by atoms with Crippen LogP contribution in [0.5, 0.6) is 5.88 Å². The Hall–Kier alpha value is -0.840. The van der Waals surface area contributed by atoms with Gasteiger partial charge in [-0.25, -0.2) is 4.98 Å². The second-order valence-electron chi connectivity index (χ2n) is 6.22. The lowest BCUT2D eigenvalue weighted by molar-refractivity contribution is 0.165. The quantitative estimate of drug-likeness (QED) is 0.907. The van der Waals surface area contributed by atoms with Crippen LogP contribution in [0.3, 0.4) is 0 Å². The summed E-state index contributed by atoms with van der Waals surface area (Å²) < 4.78 is 11.1. The molecule has 1 aromatic heterocycles. The minimum absolute atomic E-state index is 0.0308. The number of pyridine rings is 1. The summed E-state index contributed by atoms with van der Waals surface area (Å²) in [6.07, 6.45) is 1.06. The Labute approximate surface area is 125 Å². The fourth-order valence-electron chi connectivity index (χ4n) is 1.94. The topological polar surface area (TPSA) is 43.4 Å². The number of aromatic nitrogens is 1. The van der Waals surface area contributed by atoms with Gasteiger partial charge in [0.2, 0.25) is 5.88 Å². The maximum Gasteiger partial charge on any atom is 0.213 e. The number of halogens is 1. The average molecular weight is 299 g/mol. The minimum Gasteiger partial charge on any atom is -0.477 e. The summed E-state index contributed by atoms with van der Waals surface area (Å²) in [7, 11) is 0. The van der Waals surface area contributed by atoms with Crippen LogP contribution >= 0.6 is 11.6 Å². The van der Waals surface area contributed by atoms with Gasteiger partial charge < -0.3 is 14.8 Å². The highest BCUT2D eigenvalue weighted by molar-refractivity contribution is 6.31. The number of hydrogen-bond acceptors (Lipinski definition) is 4. The molecule has 2 heterocycles. The zero-order valence-corrected chi connectivity index (χ0v) is 13.2. The Balaban J connectivity index is 1.93. The molecule has 1 saturated heterocycles. The highest BCUT2D eigenvalue weighted by atomic mass is 35.5. The van der Waals surface area contributed by atoms with Crippen molar-refractivity contribution in [2.75, 3.05) is 19.8 Å². The number of nitrogens with zero attached hydrogens (tertiary/aromatic N) is 1. The van der Waals surface area contributed by atoms with Crippen molar-refractivity contribution >= 4 is 11.6 Å². The maximum atomic E-state index is 6.17. The van der Waals surface area contributed by atoms with Crippen molar-refractivity contribution in [3.05, 3.63) is 22.8 Å². The molecule has 1 unspecified atom stereocenters. The highest BCUT2D eigenvalue weighted by Gasteiger charge is 2.17. The first-order valence-electron chi connectivity index (χ1n) is 7.05. The molecule has 2 rings (SSSR count). The summed E-state index contributed by atoms with van der Waals surface area (Å²) in [5, 5.41) is 4.05. The van der Waals surface area contributed by atoms with Gasteiger partial charge in [-0.3, -0.25) is 0 Å². The Bertz CT molecular complexity index is 440. The van der Waals surface area contributed by atoms with Gasteiger partial charge in [0, 0.05) is 30.7 Å². The molecule has 0 aliphatic carbocycles. The molecular formula is C15H23ClN2O2. The van der Waals surface area contributed by atoms with Crippen LogP contribution in [-0.2, 0) is 11.3 Å². The highest BCUT2D eigenvalue weighted by Crippen LogP contribution is 2.20. The van der Waals surface area contributed by atoms with Gasteiger partial charge in [-0.2, -0.15) is 0 Å². The Morgan fingerprint density at radius 3 is 2.90 bits per heavy atom. The van der Waals surface area contributed by atoms with Crippen LogP contribution in [0.15, 0.2) is 12.1 Å². The monoisotopic (exact) mass is 298 g/mol. The van der Waals surface area contributed by atoms with Gasteiger partial charge in [0.1, 0.15) is 0 Å². The third kappa shape index (κ3) is 4.93. The molecule has 0 amide bonds. The first-order chi connectivity index (χ1) is 9.44. The van der Waals surface area contributed by atoms with E-state index in [1.165, 1.54) is 0 Å². The van der Waals surface area contributed by atoms with Crippen LogP contribution in [0.25, 0.3) is 0 Å². The van der Waals surface area contributed by atoms with Gasteiger partial charge in [0.15, 0.2) is 0 Å². The predicted octanol–water partition coefficient (Wildman–Crippen LogP) is 3.04. The molecule has 5 heteroatoms. The molecule has 112 valence electrons. The molecule has 1 atom stereocenters. The van der Waals surface area contributed by atoms with E-state index < -0.39 is 0 Å². The van der Waals surface area contributed by atoms with Crippen LogP contribution < -0.4 is 10.1 Å². The molecule has 1 aliphatic heterocycles. The molecule has 20 heavy (non-hydrogen) atoms. The molecule has 1 aromatic rings. The van der Waals surface area contributed by atoms with E-state index in [0.717, 1.165) is 25.3 Å². The lowest BCUT2D eigenvalue weighted by Crippen LogP contribution is -2.35. The Kier molecular flexibility index (Phi) is 5.24. The molecule has 4 nitrogen and oxygen atoms in total. The predicted molar refractivity (Wildman–Crippen MR) is 80.3 cm³/mol. The molecular weight excluding hydrogens is 276 g/mol. The fourth-order valence-corrected chi connectivity index (χ4v) is 2.11. The SMILES string of the molecule is CC(C)(C)NCc1nc(OCC2CCOC2)ccc1Cl. The smallest absolute Gasteiger partial charge is 0.213 e. The molecule has 0 saturated carbocycles. The number of nitrogens with one attached hydrogen (secondary N) is 1. The molecule has 1 N–H and O–H groups in total. The second-order valence-corrected chi connectivity index (χ2v) is 6.63. The van der Waals surface area contributed by atoms with Gasteiger partial charge in [-0.1, -0.05) is 11.6 Å². The first kappa shape index (κ1) is 15.5. The molecule has 1 fully saturated rings. The molecule has 0 spiro atoms. The van der Waals surface area contributed by atoms with Crippen LogP contribution in [0, 0.1) is 5.92 Å². The Morgan fingerprint density at radius 1 is 1.45 bits per heavy atom. The Morgan fingerprint density at radius 2 is 2.25 bits per heavy atom. The van der Waals surface area contributed by atoms with Crippen molar-refractivity contribution in [3.8, 4) is 5.88 Å². The van der Waals surface area contributed by atoms with Crippen molar-refractivity contribution in [2.45, 2.75) is 39.3 Å². The van der Waals surface area contributed by atoms with Crippen molar-refractivity contribution in [3.63, 3.8) is 0 Å². The second kappa shape index (κ2) is 6.74. The van der Waals surface area contributed by atoms with Crippen LogP contribution in [0.1, 0.15) is 32.9 Å². The number of rotatable bonds is 5. The molecule has 1 aliphatic rings. The van der Waals surface area contributed by atoms with Crippen molar-refractivity contribution in [1.29, 1.82) is 0 Å². The van der Waals surface area contributed by atoms with Gasteiger partial charge in [-0.15, -0.1) is 0 Å². The average Bonchev–Trinajstić information content (AvgIpc) is 2.88. The van der Waals surface area contributed by atoms with E-state index in [1.807, 2.05) is 12.1 Å². The van der Waals surface area contributed by atoms with E-state index in [9.17, 15) is 0 Å². The van der Waals surface area contributed by atoms with Crippen LogP contribution in [0.2, 0.25) is 5.02 Å². The molecule has 0 aromatic carbocycles. The van der Waals surface area contributed by atoms with Crippen LogP contribution in [-0.4, -0.2) is 30.3 Å². The summed E-state index contributed by atoms with van der Waals surface area (Å²) in [5.74, 6) is 1.11. The van der Waals surface area contributed by atoms with Crippen molar-refractivity contribution in [1.82, 2.24) is 10.3 Å². The van der Waals surface area contributed by atoms with Gasteiger partial charge in [0.05, 0.1) is 23.9 Å². The lowest BCUT2D eigenvalue weighted by atomic mass is 10.1. The van der Waals surface area contributed by atoms with Gasteiger partial charge in [-0.05, 0) is 33.3 Å². The van der Waals surface area contributed by atoms with E-state index in [4.69, 9.17) is 21.1 Å². The van der Waals surface area contributed by atoms with E-state index in [1.54, 1.807) is 0 Å². The number of ether oxygens (including phenoxy) is 2. The zero-order chi connectivity index (χ0) is 14.6. The van der Waals surface area contributed by atoms with Crippen LogP contribution in [0.4, 0.5) is 0 Å². The number of hydrogen-bond donors (Lipinski definition) is 1. The first-order valence-corrected chi connectivity index (χ1v) is 7.43. The normalized spacial score (nSPS) is 19.3. The molecule has 0 bridgehead atoms. The summed E-state index contributed by atoms with van der Waals surface area (Å²) in [6.45, 7) is 9.24. The summed E-state index contributed by atoms with van der Waals surface area (Å²) >= 11 is 6.17. The summed E-state index contributed by atoms with van der Waals surface area (Å²) in [5.41, 5.74) is 0.852. The van der Waals surface area contributed by atoms with Crippen molar-refractivity contribution < 1.29 is 9.47 Å². The zero-order valence-electron chi connectivity index (χ0n) is 12.4. The van der Waals surface area contributed by atoms with Gasteiger partial charge >= 0.3 is 0 Å². The summed E-state index contributed by atoms with van der Waals surface area (Å²) in [4.78, 5) is 4.48. The maximum absolute atomic E-state index is 6.17. The van der Waals surface area contributed by atoms with E-state index in [2.05, 4.69) is 31.1 Å². The third-order valence-corrected chi connectivity index (χ3v) is 3.51. The van der Waals surface area contributed by atoms with Gasteiger partial charge in [0.25, 0.3) is 0 Å². The fraction of sp³-hybridized carbons (Fsp3) is 0.667. The van der Waals surface area contributed by atoms with E-state index in [-0.39, 0.29) is 5.54 Å². The third-order valence-electron chi connectivity index (χ3n) is 3.17. The summed E-state index contributed by atoms with van der Waals surface area (Å²) in [6, 6.07) is 3.66.